The highest BCUT2D eigenvalue weighted by atomic mass is 16.1. The predicted molar refractivity (Wildman–Crippen MR) is 45.9 cm³/mol. The first-order valence-electron chi connectivity index (χ1n) is 4.13. The van der Waals surface area contributed by atoms with E-state index in [0.717, 1.165) is 18.7 Å². The lowest BCUT2D eigenvalue weighted by atomic mass is 10.3. The summed E-state index contributed by atoms with van der Waals surface area (Å²) in [6.07, 6.45) is 1.63. The van der Waals surface area contributed by atoms with Crippen LogP contribution in [0, 0.1) is 0 Å². The molecule has 1 aromatic heterocycles. The molecule has 0 saturated heterocycles. The van der Waals surface area contributed by atoms with Crippen molar-refractivity contribution in [3.8, 4) is 0 Å². The van der Waals surface area contributed by atoms with Crippen LogP contribution in [0.1, 0.15) is 19.2 Å². The molecule has 0 bridgehead atoms. The Labute approximate surface area is 70.6 Å². The summed E-state index contributed by atoms with van der Waals surface area (Å²) in [4.78, 5) is 11.0. The Bertz CT molecular complexity index is 288. The van der Waals surface area contributed by atoms with Crippen molar-refractivity contribution in [3.05, 3.63) is 16.3 Å². The topological polar surface area (TPSA) is 76.7 Å². The van der Waals surface area contributed by atoms with Crippen molar-refractivity contribution in [2.24, 2.45) is 5.73 Å². The minimum absolute atomic E-state index is 0.135. The van der Waals surface area contributed by atoms with Crippen LogP contribution in [0.2, 0.25) is 0 Å². The third kappa shape index (κ3) is 1.73. The number of nitrogens with one attached hydrogen (secondary N) is 1. The van der Waals surface area contributed by atoms with Crippen molar-refractivity contribution in [1.29, 1.82) is 0 Å². The van der Waals surface area contributed by atoms with E-state index in [9.17, 15) is 4.79 Å². The van der Waals surface area contributed by atoms with E-state index in [-0.39, 0.29) is 5.69 Å². The second-order valence-corrected chi connectivity index (χ2v) is 2.58. The Balaban J connectivity index is 2.77. The van der Waals surface area contributed by atoms with E-state index in [0.29, 0.717) is 13.1 Å². The fourth-order valence-electron chi connectivity index (χ4n) is 1.13. The lowest BCUT2D eigenvalue weighted by molar-refractivity contribution is 0.657. The van der Waals surface area contributed by atoms with Crippen LogP contribution >= 0.6 is 0 Å². The lowest BCUT2D eigenvalue weighted by Gasteiger charge is -1.99. The minimum atomic E-state index is -0.135. The molecule has 5 heteroatoms. The van der Waals surface area contributed by atoms with Crippen molar-refractivity contribution in [2.45, 2.75) is 26.3 Å². The van der Waals surface area contributed by atoms with Crippen LogP contribution in [0.3, 0.4) is 0 Å². The summed E-state index contributed by atoms with van der Waals surface area (Å²) in [5, 5.41) is 6.31. The summed E-state index contributed by atoms with van der Waals surface area (Å²) in [5.74, 6) is 0.799. The van der Waals surface area contributed by atoms with Crippen molar-refractivity contribution in [2.75, 3.05) is 6.54 Å². The number of nitrogens with two attached hydrogens (primary N) is 1. The first kappa shape index (κ1) is 8.99. The standard InChI is InChI=1S/C7H14N4O/c1-2-11-6(4-3-5-8)9-10-7(11)12/h2-5,8H2,1H3,(H,10,12). The maximum Gasteiger partial charge on any atom is 0.343 e. The number of hydrogen-bond acceptors (Lipinski definition) is 3. The highest BCUT2D eigenvalue weighted by Crippen LogP contribution is 1.94. The van der Waals surface area contributed by atoms with E-state index in [1.54, 1.807) is 4.57 Å². The van der Waals surface area contributed by atoms with Gasteiger partial charge in [0.1, 0.15) is 5.82 Å². The van der Waals surface area contributed by atoms with Gasteiger partial charge in [-0.25, -0.2) is 9.89 Å². The second-order valence-electron chi connectivity index (χ2n) is 2.58. The number of rotatable bonds is 4. The maximum absolute atomic E-state index is 11.0. The monoisotopic (exact) mass is 170 g/mol. The third-order valence-electron chi connectivity index (χ3n) is 1.76. The van der Waals surface area contributed by atoms with E-state index in [4.69, 9.17) is 5.73 Å². The molecule has 0 aromatic carbocycles. The molecule has 3 N–H and O–H groups in total. The van der Waals surface area contributed by atoms with Gasteiger partial charge in [0.15, 0.2) is 0 Å². The number of H-pyrrole nitrogens is 1. The number of aromatic amines is 1. The normalized spacial score (nSPS) is 10.5. The highest BCUT2D eigenvalue weighted by molar-refractivity contribution is 4.85. The molecule has 0 fully saturated rings. The zero-order valence-electron chi connectivity index (χ0n) is 7.21. The minimum Gasteiger partial charge on any atom is -0.330 e. The summed E-state index contributed by atoms with van der Waals surface area (Å²) < 4.78 is 1.62. The summed E-state index contributed by atoms with van der Waals surface area (Å²) in [7, 11) is 0. The Morgan fingerprint density at radius 2 is 2.42 bits per heavy atom. The summed E-state index contributed by atoms with van der Waals surface area (Å²) in [6, 6.07) is 0. The molecule has 0 radical (unpaired) electrons. The van der Waals surface area contributed by atoms with Crippen LogP contribution in [-0.4, -0.2) is 21.3 Å². The van der Waals surface area contributed by atoms with Crippen molar-refractivity contribution in [3.63, 3.8) is 0 Å². The SMILES string of the molecule is CCn1c(CCCN)n[nH]c1=O. The van der Waals surface area contributed by atoms with Crippen LogP contribution in [0.4, 0.5) is 0 Å². The molecular weight excluding hydrogens is 156 g/mol. The number of nitrogens with zero attached hydrogens (tertiary/aromatic N) is 2. The molecule has 0 aliphatic heterocycles. The Kier molecular flexibility index (Phi) is 3.04. The van der Waals surface area contributed by atoms with Crippen molar-refractivity contribution >= 4 is 0 Å². The zero-order valence-corrected chi connectivity index (χ0v) is 7.21. The van der Waals surface area contributed by atoms with Gasteiger partial charge in [0, 0.05) is 13.0 Å². The molecule has 1 aromatic rings. The molecule has 1 heterocycles. The molecule has 0 aliphatic rings. The van der Waals surface area contributed by atoms with Crippen LogP contribution in [0.15, 0.2) is 4.79 Å². The van der Waals surface area contributed by atoms with Gasteiger partial charge in [-0.3, -0.25) is 4.57 Å². The van der Waals surface area contributed by atoms with Gasteiger partial charge in [-0.2, -0.15) is 5.10 Å². The van der Waals surface area contributed by atoms with Gasteiger partial charge in [-0.1, -0.05) is 0 Å². The van der Waals surface area contributed by atoms with Gasteiger partial charge in [0.25, 0.3) is 0 Å². The molecule has 68 valence electrons. The van der Waals surface area contributed by atoms with Crippen LogP contribution in [0.5, 0.6) is 0 Å². The molecule has 0 aliphatic carbocycles. The van der Waals surface area contributed by atoms with Crippen LogP contribution < -0.4 is 11.4 Å². The highest BCUT2D eigenvalue weighted by Gasteiger charge is 2.04. The van der Waals surface area contributed by atoms with E-state index in [1.165, 1.54) is 0 Å². The average Bonchev–Trinajstić information content (AvgIpc) is 2.43. The zero-order chi connectivity index (χ0) is 8.97. The number of aromatic nitrogens is 3. The van der Waals surface area contributed by atoms with Crippen LogP contribution in [-0.2, 0) is 13.0 Å². The summed E-state index contributed by atoms with van der Waals surface area (Å²) in [6.45, 7) is 3.21. The molecule has 12 heavy (non-hydrogen) atoms. The lowest BCUT2D eigenvalue weighted by Crippen LogP contribution is -2.18. The van der Waals surface area contributed by atoms with Crippen LogP contribution in [0.25, 0.3) is 0 Å². The Hall–Kier alpha value is -1.10. The fraction of sp³-hybridized carbons (Fsp3) is 0.714. The van der Waals surface area contributed by atoms with Gasteiger partial charge in [0.05, 0.1) is 0 Å². The van der Waals surface area contributed by atoms with E-state index >= 15 is 0 Å². The number of aryl methyl sites for hydroxylation is 1. The Morgan fingerprint density at radius 1 is 1.67 bits per heavy atom. The molecule has 0 amide bonds. The predicted octanol–water partition coefficient (Wildman–Crippen LogP) is -0.517. The molecular formula is C7H14N4O. The van der Waals surface area contributed by atoms with Gasteiger partial charge in [0.2, 0.25) is 0 Å². The quantitative estimate of drug-likeness (QED) is 0.638. The molecule has 1 rings (SSSR count). The van der Waals surface area contributed by atoms with E-state index < -0.39 is 0 Å². The van der Waals surface area contributed by atoms with Crippen molar-refractivity contribution < 1.29 is 0 Å². The third-order valence-corrected chi connectivity index (χ3v) is 1.76. The van der Waals surface area contributed by atoms with Gasteiger partial charge in [-0.15, -0.1) is 0 Å². The van der Waals surface area contributed by atoms with Crippen molar-refractivity contribution in [1.82, 2.24) is 14.8 Å². The Morgan fingerprint density at radius 3 is 3.00 bits per heavy atom. The molecule has 0 atom stereocenters. The first-order chi connectivity index (χ1) is 5.79. The second kappa shape index (κ2) is 4.06. The summed E-state index contributed by atoms with van der Waals surface area (Å²) >= 11 is 0. The maximum atomic E-state index is 11.0. The number of hydrogen-bond donors (Lipinski definition) is 2. The molecule has 0 saturated carbocycles. The van der Waals surface area contributed by atoms with Gasteiger partial charge < -0.3 is 5.73 Å². The summed E-state index contributed by atoms with van der Waals surface area (Å²) in [5.41, 5.74) is 5.21. The first-order valence-corrected chi connectivity index (χ1v) is 4.13. The molecule has 0 unspecified atom stereocenters. The molecule has 0 spiro atoms. The van der Waals surface area contributed by atoms with E-state index in [2.05, 4.69) is 10.2 Å². The molecule has 5 nitrogen and oxygen atoms in total. The van der Waals surface area contributed by atoms with E-state index in [1.807, 2.05) is 6.92 Å². The van der Waals surface area contributed by atoms with Gasteiger partial charge >= 0.3 is 5.69 Å². The van der Waals surface area contributed by atoms with Gasteiger partial charge in [-0.05, 0) is 19.9 Å². The largest absolute Gasteiger partial charge is 0.343 e. The fourth-order valence-corrected chi connectivity index (χ4v) is 1.13. The smallest absolute Gasteiger partial charge is 0.330 e. The average molecular weight is 170 g/mol.